The van der Waals surface area contributed by atoms with Crippen molar-refractivity contribution in [2.24, 2.45) is 7.05 Å². The summed E-state index contributed by atoms with van der Waals surface area (Å²) in [6, 6.07) is 7.83. The molecule has 78 valence electrons. The third kappa shape index (κ3) is 2.18. The average molecular weight is 266 g/mol. The van der Waals surface area contributed by atoms with Gasteiger partial charge in [0.15, 0.2) is 0 Å². The third-order valence-corrected chi connectivity index (χ3v) is 2.39. The van der Waals surface area contributed by atoms with E-state index in [0.717, 1.165) is 15.4 Å². The van der Waals surface area contributed by atoms with Crippen LogP contribution in [0.4, 0.5) is 0 Å². The zero-order valence-electron chi connectivity index (χ0n) is 8.95. The summed E-state index contributed by atoms with van der Waals surface area (Å²) in [6.45, 7) is 4.00. The standard InChI is InChI=1S/C9H6BrN3.C2H6/c1-13-9(5-11)7-4-6(10)2-3-8(7)12-13;1-2/h2-4H,1H3;1-2H3. The molecule has 3 nitrogen and oxygen atoms in total. The van der Waals surface area contributed by atoms with Crippen LogP contribution in [-0.4, -0.2) is 9.78 Å². The number of benzene rings is 1. The van der Waals surface area contributed by atoms with E-state index in [4.69, 9.17) is 5.26 Å². The van der Waals surface area contributed by atoms with E-state index in [1.54, 1.807) is 11.7 Å². The lowest BCUT2D eigenvalue weighted by Gasteiger charge is -1.89. The maximum atomic E-state index is 8.87. The maximum absolute atomic E-state index is 8.87. The van der Waals surface area contributed by atoms with Gasteiger partial charge in [-0.1, -0.05) is 29.8 Å². The quantitative estimate of drug-likeness (QED) is 0.734. The molecular formula is C11H12BrN3. The van der Waals surface area contributed by atoms with Crippen LogP contribution in [-0.2, 0) is 7.05 Å². The Kier molecular flexibility index (Phi) is 3.87. The summed E-state index contributed by atoms with van der Waals surface area (Å²) in [4.78, 5) is 0. The van der Waals surface area contributed by atoms with Crippen molar-refractivity contribution in [2.75, 3.05) is 0 Å². The van der Waals surface area contributed by atoms with Gasteiger partial charge in [-0.15, -0.1) is 0 Å². The Balaban J connectivity index is 0.000000531. The van der Waals surface area contributed by atoms with Crippen LogP contribution < -0.4 is 0 Å². The predicted molar refractivity (Wildman–Crippen MR) is 64.5 cm³/mol. The van der Waals surface area contributed by atoms with Crippen molar-refractivity contribution in [3.05, 3.63) is 28.4 Å². The SMILES string of the molecule is CC.Cn1nc2ccc(Br)cc2c1C#N. The van der Waals surface area contributed by atoms with Crippen molar-refractivity contribution in [1.29, 1.82) is 5.26 Å². The van der Waals surface area contributed by atoms with E-state index in [9.17, 15) is 0 Å². The van der Waals surface area contributed by atoms with E-state index >= 15 is 0 Å². The molecule has 0 bridgehead atoms. The normalized spacial score (nSPS) is 9.27. The van der Waals surface area contributed by atoms with Crippen LogP contribution in [0.1, 0.15) is 19.5 Å². The highest BCUT2D eigenvalue weighted by atomic mass is 79.9. The second kappa shape index (κ2) is 4.94. The van der Waals surface area contributed by atoms with Crippen molar-refractivity contribution < 1.29 is 0 Å². The van der Waals surface area contributed by atoms with Gasteiger partial charge in [0.05, 0.1) is 5.52 Å². The first-order valence-electron chi connectivity index (χ1n) is 4.75. The summed E-state index contributed by atoms with van der Waals surface area (Å²) in [7, 11) is 1.77. The smallest absolute Gasteiger partial charge is 0.146 e. The molecule has 2 rings (SSSR count). The van der Waals surface area contributed by atoms with E-state index in [1.807, 2.05) is 32.0 Å². The highest BCUT2D eigenvalue weighted by Gasteiger charge is 2.07. The summed E-state index contributed by atoms with van der Waals surface area (Å²) < 4.78 is 2.56. The number of aromatic nitrogens is 2. The van der Waals surface area contributed by atoms with E-state index in [-0.39, 0.29) is 0 Å². The van der Waals surface area contributed by atoms with Gasteiger partial charge in [-0.2, -0.15) is 10.4 Å². The van der Waals surface area contributed by atoms with Gasteiger partial charge >= 0.3 is 0 Å². The fraction of sp³-hybridized carbons (Fsp3) is 0.273. The van der Waals surface area contributed by atoms with Gasteiger partial charge in [-0.3, -0.25) is 4.68 Å². The van der Waals surface area contributed by atoms with E-state index in [2.05, 4.69) is 27.1 Å². The summed E-state index contributed by atoms with van der Waals surface area (Å²) in [5.41, 5.74) is 1.44. The Morgan fingerprint density at radius 1 is 1.40 bits per heavy atom. The number of hydrogen-bond donors (Lipinski definition) is 0. The molecule has 0 fully saturated rings. The molecule has 0 aliphatic rings. The van der Waals surface area contributed by atoms with Crippen molar-refractivity contribution in [3.8, 4) is 6.07 Å². The molecule has 0 saturated heterocycles. The summed E-state index contributed by atoms with van der Waals surface area (Å²) in [5.74, 6) is 0. The molecule has 0 atom stereocenters. The predicted octanol–water partition coefficient (Wildman–Crippen LogP) is 3.23. The van der Waals surface area contributed by atoms with Crippen LogP contribution >= 0.6 is 15.9 Å². The molecule has 15 heavy (non-hydrogen) atoms. The maximum Gasteiger partial charge on any atom is 0.146 e. The Morgan fingerprint density at radius 3 is 2.67 bits per heavy atom. The molecule has 2 aromatic rings. The molecule has 4 heteroatoms. The lowest BCUT2D eigenvalue weighted by molar-refractivity contribution is 0.767. The lowest BCUT2D eigenvalue weighted by Crippen LogP contribution is -1.92. The monoisotopic (exact) mass is 265 g/mol. The Morgan fingerprint density at radius 2 is 2.07 bits per heavy atom. The number of nitriles is 1. The van der Waals surface area contributed by atoms with Gasteiger partial charge in [-0.05, 0) is 18.2 Å². The van der Waals surface area contributed by atoms with Crippen LogP contribution in [0.3, 0.4) is 0 Å². The van der Waals surface area contributed by atoms with Crippen LogP contribution in [0.5, 0.6) is 0 Å². The molecule has 0 saturated carbocycles. The summed E-state index contributed by atoms with van der Waals surface area (Å²) in [5, 5.41) is 14.0. The highest BCUT2D eigenvalue weighted by Crippen LogP contribution is 2.21. The molecule has 0 unspecified atom stereocenters. The van der Waals surface area contributed by atoms with Gasteiger partial charge in [0.1, 0.15) is 11.8 Å². The number of aryl methyl sites for hydroxylation is 1. The molecule has 1 aromatic heterocycles. The molecule has 0 N–H and O–H groups in total. The van der Waals surface area contributed by atoms with Crippen LogP contribution in [0.15, 0.2) is 22.7 Å². The Labute approximate surface area is 97.4 Å². The minimum absolute atomic E-state index is 0.594. The molecule has 0 aliphatic carbocycles. The largest absolute Gasteiger partial charge is 0.257 e. The van der Waals surface area contributed by atoms with Crippen LogP contribution in [0, 0.1) is 11.3 Å². The van der Waals surface area contributed by atoms with Gasteiger partial charge in [-0.25, -0.2) is 0 Å². The first-order valence-corrected chi connectivity index (χ1v) is 5.54. The van der Waals surface area contributed by atoms with E-state index in [1.165, 1.54) is 0 Å². The molecular weight excluding hydrogens is 254 g/mol. The highest BCUT2D eigenvalue weighted by molar-refractivity contribution is 9.10. The fourth-order valence-electron chi connectivity index (χ4n) is 1.30. The molecule has 1 aromatic carbocycles. The average Bonchev–Trinajstić information content (AvgIpc) is 2.56. The fourth-order valence-corrected chi connectivity index (χ4v) is 1.66. The number of nitrogens with zero attached hydrogens (tertiary/aromatic N) is 3. The van der Waals surface area contributed by atoms with Gasteiger partial charge in [0, 0.05) is 16.9 Å². The van der Waals surface area contributed by atoms with E-state index in [0.29, 0.717) is 5.69 Å². The molecule has 0 spiro atoms. The van der Waals surface area contributed by atoms with Crippen molar-refractivity contribution in [2.45, 2.75) is 13.8 Å². The Bertz CT molecular complexity index is 508. The Hall–Kier alpha value is -1.34. The third-order valence-electron chi connectivity index (χ3n) is 1.90. The molecule has 0 amide bonds. The second-order valence-electron chi connectivity index (χ2n) is 2.75. The van der Waals surface area contributed by atoms with Crippen molar-refractivity contribution >= 4 is 26.8 Å². The zero-order valence-corrected chi connectivity index (χ0v) is 10.5. The number of halogens is 1. The number of fused-ring (bicyclic) bond motifs is 1. The molecule has 1 heterocycles. The first kappa shape index (κ1) is 11.7. The number of rotatable bonds is 0. The van der Waals surface area contributed by atoms with Crippen molar-refractivity contribution in [1.82, 2.24) is 9.78 Å². The van der Waals surface area contributed by atoms with Gasteiger partial charge < -0.3 is 0 Å². The van der Waals surface area contributed by atoms with Gasteiger partial charge in [0.25, 0.3) is 0 Å². The van der Waals surface area contributed by atoms with Crippen molar-refractivity contribution in [3.63, 3.8) is 0 Å². The van der Waals surface area contributed by atoms with Gasteiger partial charge in [0.2, 0.25) is 0 Å². The summed E-state index contributed by atoms with van der Waals surface area (Å²) >= 11 is 3.36. The van der Waals surface area contributed by atoms with Crippen LogP contribution in [0.25, 0.3) is 10.9 Å². The van der Waals surface area contributed by atoms with E-state index < -0.39 is 0 Å². The topological polar surface area (TPSA) is 41.6 Å². The molecule has 0 radical (unpaired) electrons. The minimum Gasteiger partial charge on any atom is -0.257 e. The second-order valence-corrected chi connectivity index (χ2v) is 3.66. The zero-order chi connectivity index (χ0) is 11.4. The minimum atomic E-state index is 0.594. The number of hydrogen-bond acceptors (Lipinski definition) is 2. The molecule has 0 aliphatic heterocycles. The first-order chi connectivity index (χ1) is 7.22. The van der Waals surface area contributed by atoms with Crippen LogP contribution in [0.2, 0.25) is 0 Å². The lowest BCUT2D eigenvalue weighted by atomic mass is 10.2. The summed E-state index contributed by atoms with van der Waals surface area (Å²) in [6.07, 6.45) is 0.